The summed E-state index contributed by atoms with van der Waals surface area (Å²) in [6.45, 7) is 5.68. The van der Waals surface area contributed by atoms with E-state index >= 15 is 0 Å². The van der Waals surface area contributed by atoms with Gasteiger partial charge < -0.3 is 9.64 Å². The van der Waals surface area contributed by atoms with Gasteiger partial charge in [0.15, 0.2) is 4.96 Å². The third kappa shape index (κ3) is 3.54. The lowest BCUT2D eigenvalue weighted by atomic mass is 9.98. The van der Waals surface area contributed by atoms with Gasteiger partial charge in [-0.05, 0) is 38.3 Å². The van der Waals surface area contributed by atoms with Crippen molar-refractivity contribution in [2.45, 2.75) is 26.7 Å². The molecule has 7 heteroatoms. The third-order valence-corrected chi connectivity index (χ3v) is 6.18. The molecule has 146 valence electrons. The number of thiazole rings is 1. The number of hydrogen-bond acceptors (Lipinski definition) is 5. The van der Waals surface area contributed by atoms with Crippen LogP contribution in [-0.2, 0) is 0 Å². The van der Waals surface area contributed by atoms with E-state index in [2.05, 4.69) is 4.98 Å². The molecule has 0 aliphatic carbocycles. The molecule has 1 amide bonds. The number of fused-ring (bicyclic) bond motifs is 1. The Morgan fingerprint density at radius 2 is 2.14 bits per heavy atom. The quantitative estimate of drug-likeness (QED) is 0.678. The topological polar surface area (TPSA) is 63.9 Å². The van der Waals surface area contributed by atoms with Crippen LogP contribution >= 0.6 is 11.3 Å². The van der Waals surface area contributed by atoms with Gasteiger partial charge in [0.2, 0.25) is 0 Å². The summed E-state index contributed by atoms with van der Waals surface area (Å²) in [6.07, 6.45) is 3.33. The van der Waals surface area contributed by atoms with Crippen molar-refractivity contribution in [1.29, 1.82) is 0 Å². The van der Waals surface area contributed by atoms with E-state index in [1.165, 1.54) is 21.9 Å². The SMILES string of the molecule is Cc1ccccc1OC[C@H]1CCCN(C(=O)c2cnc3scc(C)n3c2=O)C1. The summed E-state index contributed by atoms with van der Waals surface area (Å²) in [4.78, 5) is 32.5. The lowest BCUT2D eigenvalue weighted by Crippen LogP contribution is -2.43. The van der Waals surface area contributed by atoms with Crippen molar-refractivity contribution >= 4 is 22.2 Å². The number of carbonyl (C=O) groups is 1. The lowest BCUT2D eigenvalue weighted by Gasteiger charge is -2.32. The van der Waals surface area contributed by atoms with Crippen LogP contribution < -0.4 is 10.3 Å². The standard InChI is InChI=1S/C21H23N3O3S/c1-14-6-3-4-8-18(14)27-12-16-7-5-9-23(11-16)19(25)17-10-22-21-24(20(17)26)15(2)13-28-21/h3-4,6,8,10,13,16H,5,7,9,11-12H2,1-2H3/t16-/m0/s1. The fourth-order valence-electron chi connectivity index (χ4n) is 3.65. The third-order valence-electron chi connectivity index (χ3n) is 5.22. The van der Waals surface area contributed by atoms with Gasteiger partial charge in [-0.15, -0.1) is 11.3 Å². The molecule has 1 aliphatic heterocycles. The first-order valence-corrected chi connectivity index (χ1v) is 10.4. The number of nitrogens with zero attached hydrogens (tertiary/aromatic N) is 3. The van der Waals surface area contributed by atoms with Gasteiger partial charge in [-0.2, -0.15) is 0 Å². The molecule has 1 fully saturated rings. The van der Waals surface area contributed by atoms with E-state index in [0.29, 0.717) is 24.7 Å². The molecule has 1 aliphatic rings. The number of likely N-dealkylation sites (tertiary alicyclic amines) is 1. The maximum atomic E-state index is 13.0. The molecule has 3 heterocycles. The molecule has 0 saturated carbocycles. The summed E-state index contributed by atoms with van der Waals surface area (Å²) in [5.41, 5.74) is 1.76. The summed E-state index contributed by atoms with van der Waals surface area (Å²) in [5, 5.41) is 1.87. The van der Waals surface area contributed by atoms with Crippen molar-refractivity contribution in [2.75, 3.05) is 19.7 Å². The minimum absolute atomic E-state index is 0.138. The summed E-state index contributed by atoms with van der Waals surface area (Å²) >= 11 is 1.40. The molecule has 1 aromatic carbocycles. The zero-order chi connectivity index (χ0) is 19.7. The number of piperidine rings is 1. The van der Waals surface area contributed by atoms with Crippen molar-refractivity contribution in [1.82, 2.24) is 14.3 Å². The number of carbonyl (C=O) groups excluding carboxylic acids is 1. The highest BCUT2D eigenvalue weighted by molar-refractivity contribution is 7.15. The highest BCUT2D eigenvalue weighted by Crippen LogP contribution is 2.22. The minimum Gasteiger partial charge on any atom is -0.493 e. The van der Waals surface area contributed by atoms with Crippen LogP contribution in [-0.4, -0.2) is 39.9 Å². The molecule has 3 aromatic rings. The second-order valence-corrected chi connectivity index (χ2v) is 8.14. The Morgan fingerprint density at radius 1 is 1.32 bits per heavy atom. The Hall–Kier alpha value is -2.67. The van der Waals surface area contributed by atoms with Gasteiger partial charge in [-0.3, -0.25) is 14.0 Å². The van der Waals surface area contributed by atoms with Crippen molar-refractivity contribution in [3.63, 3.8) is 0 Å². The first kappa shape index (κ1) is 18.7. The van der Waals surface area contributed by atoms with Gasteiger partial charge in [0.1, 0.15) is 11.3 Å². The van der Waals surface area contributed by atoms with Crippen LogP contribution in [0.3, 0.4) is 0 Å². The Kier molecular flexibility index (Phi) is 5.17. The molecular formula is C21H23N3O3S. The van der Waals surface area contributed by atoms with Crippen LogP contribution in [0.25, 0.3) is 4.96 Å². The molecular weight excluding hydrogens is 374 g/mol. The Balaban J connectivity index is 1.48. The summed E-state index contributed by atoms with van der Waals surface area (Å²) < 4.78 is 7.50. The first-order chi connectivity index (χ1) is 13.5. The monoisotopic (exact) mass is 397 g/mol. The van der Waals surface area contributed by atoms with E-state index < -0.39 is 0 Å². The largest absolute Gasteiger partial charge is 0.493 e. The highest BCUT2D eigenvalue weighted by atomic mass is 32.1. The lowest BCUT2D eigenvalue weighted by molar-refractivity contribution is 0.0630. The van der Waals surface area contributed by atoms with Gasteiger partial charge in [0.05, 0.1) is 6.61 Å². The number of para-hydroxylation sites is 1. The normalized spacial score (nSPS) is 17.1. The number of amides is 1. The Morgan fingerprint density at radius 3 is 2.96 bits per heavy atom. The second-order valence-electron chi connectivity index (χ2n) is 7.31. The maximum Gasteiger partial charge on any atom is 0.271 e. The van der Waals surface area contributed by atoms with E-state index in [4.69, 9.17) is 4.74 Å². The average molecular weight is 398 g/mol. The number of hydrogen-bond donors (Lipinski definition) is 0. The average Bonchev–Trinajstić information content (AvgIpc) is 3.09. The maximum absolute atomic E-state index is 13.0. The Bertz CT molecular complexity index is 1070. The molecule has 1 atom stereocenters. The van der Waals surface area contributed by atoms with Gasteiger partial charge in [0, 0.05) is 36.3 Å². The molecule has 4 rings (SSSR count). The van der Waals surface area contributed by atoms with Crippen LogP contribution in [0.5, 0.6) is 5.75 Å². The van der Waals surface area contributed by atoms with E-state index in [-0.39, 0.29) is 22.9 Å². The zero-order valence-corrected chi connectivity index (χ0v) is 16.9. The second kappa shape index (κ2) is 7.75. The molecule has 0 unspecified atom stereocenters. The van der Waals surface area contributed by atoms with E-state index in [0.717, 1.165) is 29.8 Å². The number of aryl methyl sites for hydroxylation is 2. The predicted molar refractivity (Wildman–Crippen MR) is 109 cm³/mol. The molecule has 0 radical (unpaired) electrons. The fraction of sp³-hybridized carbons (Fsp3) is 0.381. The van der Waals surface area contributed by atoms with Crippen molar-refractivity contribution in [3.05, 3.63) is 63.0 Å². The molecule has 6 nitrogen and oxygen atoms in total. The number of rotatable bonds is 4. The van der Waals surface area contributed by atoms with E-state index in [1.807, 2.05) is 43.5 Å². The van der Waals surface area contributed by atoms with Gasteiger partial charge in [-0.25, -0.2) is 4.98 Å². The summed E-state index contributed by atoms with van der Waals surface area (Å²) in [6, 6.07) is 7.94. The molecule has 0 N–H and O–H groups in total. The Labute approximate surface area is 167 Å². The smallest absolute Gasteiger partial charge is 0.271 e. The highest BCUT2D eigenvalue weighted by Gasteiger charge is 2.27. The van der Waals surface area contributed by atoms with Crippen LogP contribution in [0.2, 0.25) is 0 Å². The molecule has 0 spiro atoms. The molecule has 28 heavy (non-hydrogen) atoms. The number of benzene rings is 1. The summed E-state index contributed by atoms with van der Waals surface area (Å²) in [5.74, 6) is 0.893. The van der Waals surface area contributed by atoms with E-state index in [1.54, 1.807) is 4.90 Å². The van der Waals surface area contributed by atoms with Crippen molar-refractivity contribution in [3.8, 4) is 5.75 Å². The van der Waals surface area contributed by atoms with Gasteiger partial charge in [0.25, 0.3) is 11.5 Å². The first-order valence-electron chi connectivity index (χ1n) is 9.48. The van der Waals surface area contributed by atoms with Crippen molar-refractivity contribution < 1.29 is 9.53 Å². The molecule has 1 saturated heterocycles. The number of ether oxygens (including phenoxy) is 1. The summed E-state index contributed by atoms with van der Waals surface area (Å²) in [7, 11) is 0. The molecule has 0 bridgehead atoms. The minimum atomic E-state index is -0.285. The van der Waals surface area contributed by atoms with E-state index in [9.17, 15) is 9.59 Å². The van der Waals surface area contributed by atoms with Crippen LogP contribution in [0.15, 0.2) is 40.6 Å². The van der Waals surface area contributed by atoms with Gasteiger partial charge >= 0.3 is 0 Å². The van der Waals surface area contributed by atoms with Crippen LogP contribution in [0, 0.1) is 19.8 Å². The fourth-order valence-corrected chi connectivity index (χ4v) is 4.48. The number of aromatic nitrogens is 2. The predicted octanol–water partition coefficient (Wildman–Crippen LogP) is 3.30. The van der Waals surface area contributed by atoms with Gasteiger partial charge in [-0.1, -0.05) is 18.2 Å². The zero-order valence-electron chi connectivity index (χ0n) is 16.1. The van der Waals surface area contributed by atoms with Crippen LogP contribution in [0.1, 0.15) is 34.5 Å². The van der Waals surface area contributed by atoms with Crippen LogP contribution in [0.4, 0.5) is 0 Å². The van der Waals surface area contributed by atoms with Crippen molar-refractivity contribution in [2.24, 2.45) is 5.92 Å². The molecule has 2 aromatic heterocycles.